The van der Waals surface area contributed by atoms with Gasteiger partial charge in [0.25, 0.3) is 0 Å². The van der Waals surface area contributed by atoms with E-state index in [-0.39, 0.29) is 29.9 Å². The Morgan fingerprint density at radius 2 is 1.73 bits per heavy atom. The lowest BCUT2D eigenvalue weighted by Crippen LogP contribution is -2.41. The molecular formula is C35H34ClFN2O5. The molecule has 0 saturated heterocycles. The second-order valence-electron chi connectivity index (χ2n) is 11.3. The fourth-order valence-corrected chi connectivity index (χ4v) is 5.74. The van der Waals surface area contributed by atoms with Crippen molar-refractivity contribution in [2.45, 2.75) is 51.9 Å². The Hall–Kier alpha value is -4.40. The van der Waals surface area contributed by atoms with Crippen LogP contribution in [0.15, 0.2) is 78.9 Å². The van der Waals surface area contributed by atoms with Crippen LogP contribution in [-0.4, -0.2) is 30.1 Å². The molecule has 7 nitrogen and oxygen atoms in total. The molecule has 0 aliphatic carbocycles. The first-order valence-corrected chi connectivity index (χ1v) is 14.6. The van der Waals surface area contributed by atoms with Gasteiger partial charge < -0.3 is 24.8 Å². The molecule has 2 atom stereocenters. The van der Waals surface area contributed by atoms with E-state index in [0.717, 1.165) is 16.7 Å². The number of carbonyl (C=O) groups is 2. The highest BCUT2D eigenvalue weighted by Gasteiger charge is 2.37. The minimum absolute atomic E-state index is 0.0405. The SMILES string of the molecule is COc1cc2c(cc1OC(C)C)C(c1ccc(Cl)cc1)N(c1ccc(C(C)(O)c3ccc(NC(C)=O)cc3)c(F)c1)C(=O)C2. The van der Waals surface area contributed by atoms with Crippen molar-refractivity contribution in [2.24, 2.45) is 0 Å². The van der Waals surface area contributed by atoms with Crippen LogP contribution in [0.4, 0.5) is 15.8 Å². The fraction of sp³-hybridized carbons (Fsp3) is 0.257. The van der Waals surface area contributed by atoms with Gasteiger partial charge in [0.05, 0.1) is 25.7 Å². The molecule has 1 aliphatic heterocycles. The van der Waals surface area contributed by atoms with Crippen LogP contribution in [-0.2, 0) is 21.6 Å². The van der Waals surface area contributed by atoms with Crippen molar-refractivity contribution in [3.05, 3.63) is 118 Å². The number of nitrogens with zero attached hydrogens (tertiary/aromatic N) is 1. The molecule has 4 aromatic carbocycles. The summed E-state index contributed by atoms with van der Waals surface area (Å²) < 4.78 is 27.6. The summed E-state index contributed by atoms with van der Waals surface area (Å²) >= 11 is 6.21. The first-order chi connectivity index (χ1) is 20.9. The summed E-state index contributed by atoms with van der Waals surface area (Å²) in [4.78, 5) is 26.8. The molecule has 2 amide bonds. The molecular weight excluding hydrogens is 583 g/mol. The Labute approximate surface area is 261 Å². The van der Waals surface area contributed by atoms with Gasteiger partial charge in [0.1, 0.15) is 11.4 Å². The summed E-state index contributed by atoms with van der Waals surface area (Å²) in [5.74, 6) is -0.0661. The Morgan fingerprint density at radius 1 is 1.05 bits per heavy atom. The monoisotopic (exact) mass is 616 g/mol. The highest BCUT2D eigenvalue weighted by atomic mass is 35.5. The summed E-state index contributed by atoms with van der Waals surface area (Å²) in [6.45, 7) is 6.74. The van der Waals surface area contributed by atoms with Crippen molar-refractivity contribution in [1.29, 1.82) is 0 Å². The molecule has 5 rings (SSSR count). The number of ether oxygens (including phenoxy) is 2. The second kappa shape index (κ2) is 12.3. The predicted octanol–water partition coefficient (Wildman–Crippen LogP) is 7.17. The summed E-state index contributed by atoms with van der Waals surface area (Å²) in [6.07, 6.45) is -0.0484. The average Bonchev–Trinajstić information content (AvgIpc) is 2.96. The summed E-state index contributed by atoms with van der Waals surface area (Å²) in [6, 6.07) is 21.2. The zero-order valence-electron chi connectivity index (χ0n) is 25.2. The molecule has 9 heteroatoms. The molecule has 228 valence electrons. The molecule has 0 fully saturated rings. The zero-order valence-corrected chi connectivity index (χ0v) is 25.9. The van der Waals surface area contributed by atoms with E-state index >= 15 is 4.39 Å². The van der Waals surface area contributed by atoms with Gasteiger partial charge in [0, 0.05) is 28.9 Å². The molecule has 0 spiro atoms. The van der Waals surface area contributed by atoms with Crippen molar-refractivity contribution >= 4 is 34.8 Å². The predicted molar refractivity (Wildman–Crippen MR) is 169 cm³/mol. The second-order valence-corrected chi connectivity index (χ2v) is 11.7. The van der Waals surface area contributed by atoms with Gasteiger partial charge in [-0.05, 0) is 91.6 Å². The third-order valence-electron chi connectivity index (χ3n) is 7.66. The molecule has 1 aliphatic rings. The number of amides is 2. The van der Waals surface area contributed by atoms with Crippen LogP contribution in [0.5, 0.6) is 11.5 Å². The smallest absolute Gasteiger partial charge is 0.232 e. The fourth-order valence-electron chi connectivity index (χ4n) is 5.61. The van der Waals surface area contributed by atoms with Crippen LogP contribution in [0.3, 0.4) is 0 Å². The van der Waals surface area contributed by atoms with Crippen LogP contribution < -0.4 is 19.7 Å². The van der Waals surface area contributed by atoms with Crippen LogP contribution in [0.25, 0.3) is 0 Å². The average molecular weight is 617 g/mol. The quantitative estimate of drug-likeness (QED) is 0.219. The Morgan fingerprint density at radius 3 is 2.32 bits per heavy atom. The van der Waals surface area contributed by atoms with E-state index in [1.807, 2.05) is 38.1 Å². The van der Waals surface area contributed by atoms with Gasteiger partial charge in [-0.3, -0.25) is 9.59 Å². The molecule has 4 aromatic rings. The maximum absolute atomic E-state index is 15.9. The molecule has 44 heavy (non-hydrogen) atoms. The largest absolute Gasteiger partial charge is 0.493 e. The molecule has 0 saturated carbocycles. The lowest BCUT2D eigenvalue weighted by atomic mass is 9.85. The van der Waals surface area contributed by atoms with E-state index in [1.54, 1.807) is 54.5 Å². The molecule has 0 radical (unpaired) electrons. The Bertz CT molecular complexity index is 1700. The lowest BCUT2D eigenvalue weighted by molar-refractivity contribution is -0.118. The van der Waals surface area contributed by atoms with Gasteiger partial charge >= 0.3 is 0 Å². The van der Waals surface area contributed by atoms with Gasteiger partial charge in [-0.1, -0.05) is 41.9 Å². The number of hydrogen-bond acceptors (Lipinski definition) is 5. The highest BCUT2D eigenvalue weighted by Crippen LogP contribution is 2.44. The number of benzene rings is 4. The zero-order chi connectivity index (χ0) is 31.8. The summed E-state index contributed by atoms with van der Waals surface area (Å²) in [7, 11) is 1.55. The number of rotatable bonds is 8. The van der Waals surface area contributed by atoms with Crippen LogP contribution >= 0.6 is 11.6 Å². The minimum Gasteiger partial charge on any atom is -0.493 e. The van der Waals surface area contributed by atoms with Crippen LogP contribution in [0.1, 0.15) is 61.6 Å². The third kappa shape index (κ3) is 6.14. The first kappa shape index (κ1) is 31.0. The minimum atomic E-state index is -1.69. The molecule has 2 N–H and O–H groups in total. The molecule has 0 bridgehead atoms. The topological polar surface area (TPSA) is 88.1 Å². The summed E-state index contributed by atoms with van der Waals surface area (Å²) in [5, 5.41) is 14.7. The number of fused-ring (bicyclic) bond motifs is 1. The Kier molecular flexibility index (Phi) is 8.68. The van der Waals surface area contributed by atoms with E-state index in [0.29, 0.717) is 33.5 Å². The maximum atomic E-state index is 15.9. The van der Waals surface area contributed by atoms with E-state index < -0.39 is 17.5 Å². The first-order valence-electron chi connectivity index (χ1n) is 14.2. The van der Waals surface area contributed by atoms with Gasteiger partial charge in [-0.25, -0.2) is 4.39 Å². The number of methoxy groups -OCH3 is 1. The number of halogens is 2. The normalized spacial score (nSPS) is 15.9. The standard InChI is InChI=1S/C35H34ClFN2O5/c1-20(2)44-32-19-28-23(16-31(32)43-5)17-33(41)39(34(28)22-6-10-25(36)11-7-22)27-14-15-29(30(37)18-27)35(4,42)24-8-12-26(13-9-24)38-21(3)40/h6-16,18-20,34,42H,17H2,1-5H3,(H,38,40). The lowest BCUT2D eigenvalue weighted by Gasteiger charge is -2.38. The van der Waals surface area contributed by atoms with Crippen molar-refractivity contribution in [1.82, 2.24) is 0 Å². The molecule has 1 heterocycles. The number of anilines is 2. The highest BCUT2D eigenvalue weighted by molar-refractivity contribution is 6.30. The van der Waals surface area contributed by atoms with E-state index in [2.05, 4.69) is 5.32 Å². The van der Waals surface area contributed by atoms with Crippen molar-refractivity contribution in [3.63, 3.8) is 0 Å². The van der Waals surface area contributed by atoms with Gasteiger partial charge in [0.2, 0.25) is 11.8 Å². The molecule has 2 unspecified atom stereocenters. The Balaban J connectivity index is 1.59. The number of hydrogen-bond donors (Lipinski definition) is 2. The third-order valence-corrected chi connectivity index (χ3v) is 7.91. The number of aliphatic hydroxyl groups is 1. The van der Waals surface area contributed by atoms with Crippen molar-refractivity contribution in [2.75, 3.05) is 17.3 Å². The van der Waals surface area contributed by atoms with Gasteiger partial charge in [0.15, 0.2) is 11.5 Å². The van der Waals surface area contributed by atoms with Gasteiger partial charge in [-0.2, -0.15) is 0 Å². The number of nitrogens with one attached hydrogen (secondary N) is 1. The number of carbonyl (C=O) groups excluding carboxylic acids is 2. The molecule has 0 aromatic heterocycles. The van der Waals surface area contributed by atoms with E-state index in [1.165, 1.54) is 26.0 Å². The van der Waals surface area contributed by atoms with Crippen LogP contribution in [0, 0.1) is 5.82 Å². The van der Waals surface area contributed by atoms with Crippen molar-refractivity contribution < 1.29 is 28.6 Å². The summed E-state index contributed by atoms with van der Waals surface area (Å²) in [5.41, 5.74) is 2.06. The van der Waals surface area contributed by atoms with Gasteiger partial charge in [-0.15, -0.1) is 0 Å². The van der Waals surface area contributed by atoms with E-state index in [9.17, 15) is 14.7 Å². The van der Waals surface area contributed by atoms with Crippen LogP contribution in [0.2, 0.25) is 5.02 Å². The maximum Gasteiger partial charge on any atom is 0.232 e. The van der Waals surface area contributed by atoms with Crippen molar-refractivity contribution in [3.8, 4) is 11.5 Å². The van der Waals surface area contributed by atoms with E-state index in [4.69, 9.17) is 21.1 Å².